The van der Waals surface area contributed by atoms with E-state index >= 15 is 0 Å². The predicted octanol–water partition coefficient (Wildman–Crippen LogP) is 4.38. The van der Waals surface area contributed by atoms with Gasteiger partial charge in [0.1, 0.15) is 23.1 Å². The number of nitrogens with one attached hydrogen (secondary N) is 1. The van der Waals surface area contributed by atoms with Gasteiger partial charge in [-0.2, -0.15) is 9.36 Å². The van der Waals surface area contributed by atoms with Crippen molar-refractivity contribution in [1.82, 2.24) is 19.6 Å². The molecule has 12 nitrogen and oxygen atoms in total. The van der Waals surface area contributed by atoms with E-state index in [0.717, 1.165) is 28.2 Å². The van der Waals surface area contributed by atoms with Gasteiger partial charge in [-0.25, -0.2) is 4.79 Å². The van der Waals surface area contributed by atoms with Crippen molar-refractivity contribution in [3.63, 3.8) is 0 Å². The molecule has 3 aromatic rings. The molecule has 0 spiro atoms. The van der Waals surface area contributed by atoms with Crippen molar-refractivity contribution in [1.29, 1.82) is 0 Å². The smallest absolute Gasteiger partial charge is 0.350 e. The summed E-state index contributed by atoms with van der Waals surface area (Å²) >= 11 is 8.16. The molecule has 0 radical (unpaired) electrons. The number of hydrogen-bond acceptors (Lipinski definition) is 13. The van der Waals surface area contributed by atoms with E-state index in [1.165, 1.54) is 18.7 Å². The van der Waals surface area contributed by atoms with Gasteiger partial charge >= 0.3 is 5.97 Å². The number of carbonyl (C=O) groups excluding carboxylic acids is 3. The average Bonchev–Trinajstić information content (AvgIpc) is 3.47. The van der Waals surface area contributed by atoms with Crippen LogP contribution in [0.15, 0.2) is 77.1 Å². The number of nitrogens with zero attached hydrogens (tertiary/aromatic N) is 4. The largest absolute Gasteiger partial charge is 0.469 e. The fraction of sp³-hybridized carbons (Fsp3) is 0.344. The Morgan fingerprint density at radius 3 is 2.28 bits per heavy atom. The van der Waals surface area contributed by atoms with E-state index in [2.05, 4.69) is 19.8 Å². The van der Waals surface area contributed by atoms with Gasteiger partial charge in [0, 0.05) is 17.3 Å². The van der Waals surface area contributed by atoms with Crippen LogP contribution in [0.25, 0.3) is 0 Å². The number of oxime groups is 1. The Hall–Kier alpha value is -4.34. The number of carbonyl (C=O) groups is 3. The average molecular weight is 695 g/mol. The Kier molecular flexibility index (Phi) is 10.3. The third-order valence-corrected chi connectivity index (χ3v) is 9.23. The van der Waals surface area contributed by atoms with E-state index in [1.54, 1.807) is 25.7 Å². The summed E-state index contributed by atoms with van der Waals surface area (Å²) in [4.78, 5) is 50.5. The Balaban J connectivity index is 1.32. The predicted molar refractivity (Wildman–Crippen MR) is 183 cm³/mol. The second-order valence-electron chi connectivity index (χ2n) is 11.8. The maximum Gasteiger partial charge on any atom is 0.350 e. The number of nitrogen functional groups attached to an aromatic ring is 1. The second-order valence-corrected chi connectivity index (χ2v) is 14.0. The number of aromatic nitrogens is 2. The molecule has 3 N–H and O–H groups in total. The molecule has 1 fully saturated rings. The highest BCUT2D eigenvalue weighted by molar-refractivity contribution is 8.00. The van der Waals surface area contributed by atoms with Crippen LogP contribution in [0.2, 0.25) is 0 Å². The van der Waals surface area contributed by atoms with Gasteiger partial charge in [-0.05, 0) is 63.5 Å². The number of benzene rings is 2. The molecule has 2 aliphatic rings. The zero-order valence-electron chi connectivity index (χ0n) is 26.3. The van der Waals surface area contributed by atoms with E-state index in [4.69, 9.17) is 32.3 Å². The first kappa shape index (κ1) is 34.0. The molecule has 246 valence electrons. The van der Waals surface area contributed by atoms with E-state index in [1.807, 2.05) is 67.6 Å². The molecular weight excluding hydrogens is 661 g/mol. The van der Waals surface area contributed by atoms with Crippen LogP contribution >= 0.6 is 35.5 Å². The number of esters is 1. The van der Waals surface area contributed by atoms with Gasteiger partial charge in [0.05, 0.1) is 5.70 Å². The number of anilines is 1. The molecule has 0 saturated carbocycles. The standard InChI is InChI=1S/C32H34N6O6S3/c1-17-16-46-28-22(34-26(39)21(25-35-31(33)47-37-25)36-44-18(2)29(41)43-32(3,4)5)27(40)38(28)23(17)30(45)42-24(19-12-8-6-9-13-19)20-14-10-7-11-15-20/h6-15,18,22,24,28H,16H2,1-5H3,(H,34,39)(H2,33,35,37)/t18?,22?,28-/m1/s1. The zero-order valence-corrected chi connectivity index (χ0v) is 28.8. The molecule has 47 heavy (non-hydrogen) atoms. The van der Waals surface area contributed by atoms with Crippen molar-refractivity contribution in [3.8, 4) is 0 Å². The van der Waals surface area contributed by atoms with Crippen molar-refractivity contribution in [3.05, 3.63) is 88.9 Å². The van der Waals surface area contributed by atoms with Crippen molar-refractivity contribution in [2.45, 2.75) is 63.8 Å². The van der Waals surface area contributed by atoms with Gasteiger partial charge in [0.2, 0.25) is 22.7 Å². The molecule has 2 amide bonds. The Bertz CT molecular complexity index is 1680. The lowest BCUT2D eigenvalue weighted by Crippen LogP contribution is -2.71. The van der Waals surface area contributed by atoms with Crippen LogP contribution in [-0.4, -0.2) is 71.7 Å². The fourth-order valence-corrected chi connectivity index (χ4v) is 6.89. The van der Waals surface area contributed by atoms with E-state index in [0.29, 0.717) is 11.4 Å². The topological polar surface area (TPSA) is 158 Å². The number of amides is 2. The third-order valence-electron chi connectivity index (χ3n) is 6.98. The molecule has 5 rings (SSSR count). The SMILES string of the molecule is CC1=C(C(=S)OC(c2ccccc2)c2ccccc2)N2C(=O)C(NC(=O)C(=NOC(C)C(=O)OC(C)(C)C)c3nsc(N)n3)[C@H]2SC1. The van der Waals surface area contributed by atoms with E-state index in [-0.39, 0.29) is 27.6 Å². The highest BCUT2D eigenvalue weighted by Gasteiger charge is 2.54. The number of rotatable bonds is 10. The second kappa shape index (κ2) is 14.2. The maximum absolute atomic E-state index is 13.6. The first-order valence-corrected chi connectivity index (χ1v) is 16.9. The van der Waals surface area contributed by atoms with Crippen LogP contribution in [0.3, 0.4) is 0 Å². The summed E-state index contributed by atoms with van der Waals surface area (Å²) in [5.74, 6) is -1.38. The normalized spacial score (nSPS) is 18.6. The molecule has 0 aliphatic carbocycles. The molecule has 15 heteroatoms. The molecule has 1 aromatic heterocycles. The summed E-state index contributed by atoms with van der Waals surface area (Å²) in [6.07, 6.45) is -1.64. The monoisotopic (exact) mass is 694 g/mol. The van der Waals surface area contributed by atoms with Gasteiger partial charge in [-0.3, -0.25) is 14.5 Å². The molecule has 3 heterocycles. The van der Waals surface area contributed by atoms with Crippen LogP contribution < -0.4 is 11.1 Å². The van der Waals surface area contributed by atoms with Gasteiger partial charge in [-0.15, -0.1) is 11.8 Å². The summed E-state index contributed by atoms with van der Waals surface area (Å²) in [5, 5.41) is 6.43. The van der Waals surface area contributed by atoms with Gasteiger partial charge in [-0.1, -0.05) is 65.8 Å². The van der Waals surface area contributed by atoms with Crippen molar-refractivity contribution < 1.29 is 28.7 Å². The summed E-state index contributed by atoms with van der Waals surface area (Å²) in [6, 6.07) is 18.5. The third kappa shape index (κ3) is 7.80. The minimum Gasteiger partial charge on any atom is -0.469 e. The highest BCUT2D eigenvalue weighted by atomic mass is 32.2. The van der Waals surface area contributed by atoms with Crippen LogP contribution in [0, 0.1) is 0 Å². The lowest BCUT2D eigenvalue weighted by Gasteiger charge is -2.50. The van der Waals surface area contributed by atoms with Crippen LogP contribution in [-0.2, 0) is 28.7 Å². The maximum atomic E-state index is 13.6. The van der Waals surface area contributed by atoms with Gasteiger partial charge < -0.3 is 25.4 Å². The van der Waals surface area contributed by atoms with E-state index < -0.39 is 41.1 Å². The number of ether oxygens (including phenoxy) is 2. The van der Waals surface area contributed by atoms with Crippen LogP contribution in [0.4, 0.5) is 5.13 Å². The Morgan fingerprint density at radius 1 is 1.11 bits per heavy atom. The molecule has 2 aromatic carbocycles. The minimum absolute atomic E-state index is 0.0949. The molecule has 3 atom stereocenters. The van der Waals surface area contributed by atoms with Crippen LogP contribution in [0.1, 0.15) is 57.7 Å². The lowest BCUT2D eigenvalue weighted by molar-refractivity contribution is -0.167. The Morgan fingerprint density at radius 2 is 1.72 bits per heavy atom. The number of thiocarbonyl (C=S) groups is 1. The molecular formula is C32H34N6O6S3. The lowest BCUT2D eigenvalue weighted by atomic mass is 10.0. The summed E-state index contributed by atoms with van der Waals surface area (Å²) in [5.41, 5.74) is 7.86. The van der Waals surface area contributed by atoms with Gasteiger partial charge in [0.25, 0.3) is 11.8 Å². The number of hydrogen-bond donors (Lipinski definition) is 2. The molecule has 0 bridgehead atoms. The minimum atomic E-state index is -1.14. The number of β-lactam (4-membered cyclic amide) rings is 1. The van der Waals surface area contributed by atoms with Crippen LogP contribution in [0.5, 0.6) is 0 Å². The molecule has 2 aliphatic heterocycles. The number of fused-ring (bicyclic) bond motifs is 1. The van der Waals surface area contributed by atoms with Crippen molar-refractivity contribution in [2.75, 3.05) is 11.5 Å². The molecule has 2 unspecified atom stereocenters. The summed E-state index contributed by atoms with van der Waals surface area (Å²) < 4.78 is 15.8. The first-order valence-electron chi connectivity index (χ1n) is 14.7. The summed E-state index contributed by atoms with van der Waals surface area (Å²) in [6.45, 7) is 8.49. The van der Waals surface area contributed by atoms with Crippen molar-refractivity contribution >= 4 is 69.2 Å². The van der Waals surface area contributed by atoms with Gasteiger partial charge in [0.15, 0.2) is 5.13 Å². The number of thioether (sulfide) groups is 1. The number of nitrogens with two attached hydrogens (primary N) is 1. The quantitative estimate of drug-likeness (QED) is 0.102. The fourth-order valence-electron chi connectivity index (χ4n) is 4.79. The first-order chi connectivity index (χ1) is 22.3. The Labute approximate surface area is 285 Å². The summed E-state index contributed by atoms with van der Waals surface area (Å²) in [7, 11) is 0. The van der Waals surface area contributed by atoms with E-state index in [9.17, 15) is 14.4 Å². The molecule has 1 saturated heterocycles. The van der Waals surface area contributed by atoms with Crippen molar-refractivity contribution in [2.24, 2.45) is 5.16 Å². The highest BCUT2D eigenvalue weighted by Crippen LogP contribution is 2.42. The zero-order chi connectivity index (χ0) is 33.9.